The highest BCUT2D eigenvalue weighted by Gasteiger charge is 2.45. The third kappa shape index (κ3) is 4.25. The maximum Gasteiger partial charge on any atom is 0.255 e. The van der Waals surface area contributed by atoms with E-state index in [4.69, 9.17) is 0 Å². The molecule has 1 aromatic carbocycles. The van der Waals surface area contributed by atoms with Crippen LogP contribution in [-0.4, -0.2) is 39.9 Å². The summed E-state index contributed by atoms with van der Waals surface area (Å²) in [6.45, 7) is 5.94. The lowest BCUT2D eigenvalue weighted by molar-refractivity contribution is -0.125. The molecule has 26 heavy (non-hydrogen) atoms. The number of hydrogen-bond donors (Lipinski definition) is 1. The van der Waals surface area contributed by atoms with Gasteiger partial charge in [0.2, 0.25) is 5.91 Å². The summed E-state index contributed by atoms with van der Waals surface area (Å²) in [5.41, 5.74) is 1.82. The normalized spacial score (nSPS) is 24.1. The third-order valence-electron chi connectivity index (χ3n) is 5.35. The molecule has 3 rings (SSSR count). The molecule has 0 bridgehead atoms. The molecular weight excluding hydrogens is 344 g/mol. The summed E-state index contributed by atoms with van der Waals surface area (Å²) in [6, 6.07) is 7.41. The van der Waals surface area contributed by atoms with Gasteiger partial charge in [-0.05, 0) is 51.7 Å². The molecule has 5 heteroatoms. The summed E-state index contributed by atoms with van der Waals surface area (Å²) in [4.78, 5) is 28.0. The molecule has 0 unspecified atom stereocenters. The van der Waals surface area contributed by atoms with Crippen LogP contribution in [0.4, 0.5) is 0 Å². The molecule has 0 radical (unpaired) electrons. The second-order valence-electron chi connectivity index (χ2n) is 7.88. The summed E-state index contributed by atoms with van der Waals surface area (Å²) in [6.07, 6.45) is 6.08. The molecule has 1 N–H and O–H groups in total. The Morgan fingerprint density at radius 3 is 2.38 bits per heavy atom. The van der Waals surface area contributed by atoms with E-state index in [1.165, 1.54) is 19.3 Å². The van der Waals surface area contributed by atoms with Crippen LogP contribution in [-0.2, 0) is 4.79 Å². The molecule has 1 heterocycles. The van der Waals surface area contributed by atoms with Crippen molar-refractivity contribution in [2.24, 2.45) is 5.92 Å². The lowest BCUT2D eigenvalue weighted by atomic mass is 9.88. The minimum Gasteiger partial charge on any atom is -0.352 e. The highest BCUT2D eigenvalue weighted by molar-refractivity contribution is 8.00. The van der Waals surface area contributed by atoms with E-state index in [0.29, 0.717) is 17.2 Å². The van der Waals surface area contributed by atoms with Gasteiger partial charge in [0.1, 0.15) is 6.04 Å². The fourth-order valence-corrected chi connectivity index (χ4v) is 5.63. The van der Waals surface area contributed by atoms with Crippen LogP contribution in [0, 0.1) is 12.8 Å². The Labute approximate surface area is 161 Å². The summed E-state index contributed by atoms with van der Waals surface area (Å²) >= 11 is 1.79. The first-order valence-electron chi connectivity index (χ1n) is 9.78. The molecule has 1 saturated carbocycles. The summed E-state index contributed by atoms with van der Waals surface area (Å²) in [5.74, 6) is 1.16. The average Bonchev–Trinajstić information content (AvgIpc) is 3.07. The fourth-order valence-electron chi connectivity index (χ4n) is 4.00. The van der Waals surface area contributed by atoms with Gasteiger partial charge in [0, 0.05) is 17.4 Å². The Bertz CT molecular complexity index is 638. The highest BCUT2D eigenvalue weighted by atomic mass is 32.2. The van der Waals surface area contributed by atoms with Crippen molar-refractivity contribution in [1.29, 1.82) is 0 Å². The molecule has 2 atom stereocenters. The first-order valence-corrected chi connectivity index (χ1v) is 10.8. The van der Waals surface area contributed by atoms with Crippen molar-refractivity contribution in [2.45, 2.75) is 70.3 Å². The number of aryl methyl sites for hydroxylation is 1. The maximum absolute atomic E-state index is 13.3. The van der Waals surface area contributed by atoms with Crippen LogP contribution in [0.3, 0.4) is 0 Å². The van der Waals surface area contributed by atoms with Gasteiger partial charge in [0.15, 0.2) is 0 Å². The molecule has 0 spiro atoms. The molecule has 1 saturated heterocycles. The molecule has 1 aliphatic carbocycles. The first-order chi connectivity index (χ1) is 12.5. The second-order valence-corrected chi connectivity index (χ2v) is 9.03. The predicted octanol–water partition coefficient (Wildman–Crippen LogP) is 3.98. The van der Waals surface area contributed by atoms with E-state index < -0.39 is 0 Å². The Morgan fingerprint density at radius 1 is 1.12 bits per heavy atom. The van der Waals surface area contributed by atoms with Gasteiger partial charge in [-0.15, -0.1) is 11.8 Å². The third-order valence-corrected chi connectivity index (χ3v) is 6.82. The zero-order valence-corrected chi connectivity index (χ0v) is 16.8. The minimum absolute atomic E-state index is 0.00511. The van der Waals surface area contributed by atoms with Crippen LogP contribution < -0.4 is 5.32 Å². The number of thioether (sulfide) groups is 1. The topological polar surface area (TPSA) is 49.4 Å². The molecule has 1 aliphatic heterocycles. The molecule has 2 aliphatic rings. The Kier molecular flexibility index (Phi) is 6.28. The molecule has 2 amide bonds. The van der Waals surface area contributed by atoms with Gasteiger partial charge in [0.25, 0.3) is 5.91 Å². The SMILES string of the molecule is Cc1ccc(C(=O)N2[C@@H](C(=O)NC(C)C)CS[C@@H]2C2CCCCC2)cc1. The molecule has 0 aromatic heterocycles. The molecule has 1 aromatic rings. The predicted molar refractivity (Wildman–Crippen MR) is 107 cm³/mol. The van der Waals surface area contributed by atoms with Gasteiger partial charge < -0.3 is 10.2 Å². The first kappa shape index (κ1) is 19.3. The zero-order chi connectivity index (χ0) is 18.7. The maximum atomic E-state index is 13.3. The largest absolute Gasteiger partial charge is 0.352 e. The smallest absolute Gasteiger partial charge is 0.255 e. The lowest BCUT2D eigenvalue weighted by Crippen LogP contribution is -2.52. The van der Waals surface area contributed by atoms with E-state index in [0.717, 1.165) is 18.4 Å². The van der Waals surface area contributed by atoms with Crippen molar-refractivity contribution < 1.29 is 9.59 Å². The number of nitrogens with zero attached hydrogens (tertiary/aromatic N) is 1. The van der Waals surface area contributed by atoms with E-state index in [1.807, 2.05) is 49.9 Å². The number of rotatable bonds is 4. The van der Waals surface area contributed by atoms with Gasteiger partial charge in [-0.3, -0.25) is 9.59 Å². The van der Waals surface area contributed by atoms with E-state index in [1.54, 1.807) is 11.8 Å². The van der Waals surface area contributed by atoms with Gasteiger partial charge in [-0.25, -0.2) is 0 Å². The number of benzene rings is 1. The Morgan fingerprint density at radius 2 is 1.77 bits per heavy atom. The van der Waals surface area contributed by atoms with Crippen LogP contribution in [0.2, 0.25) is 0 Å². The lowest BCUT2D eigenvalue weighted by Gasteiger charge is -2.35. The molecule has 2 fully saturated rings. The van der Waals surface area contributed by atoms with E-state index in [9.17, 15) is 9.59 Å². The highest BCUT2D eigenvalue weighted by Crippen LogP contribution is 2.41. The van der Waals surface area contributed by atoms with E-state index in [-0.39, 0.29) is 29.3 Å². The van der Waals surface area contributed by atoms with Gasteiger partial charge in [0.05, 0.1) is 5.37 Å². The summed E-state index contributed by atoms with van der Waals surface area (Å²) in [5, 5.41) is 3.13. The molecular formula is C21H30N2O2S. The summed E-state index contributed by atoms with van der Waals surface area (Å²) < 4.78 is 0. The van der Waals surface area contributed by atoms with Gasteiger partial charge in [-0.2, -0.15) is 0 Å². The number of carbonyl (C=O) groups is 2. The van der Waals surface area contributed by atoms with Crippen LogP contribution in [0.1, 0.15) is 61.9 Å². The van der Waals surface area contributed by atoms with Crippen molar-refractivity contribution >= 4 is 23.6 Å². The minimum atomic E-state index is -0.372. The number of carbonyl (C=O) groups excluding carboxylic acids is 2. The fraction of sp³-hybridized carbons (Fsp3) is 0.619. The van der Waals surface area contributed by atoms with Crippen molar-refractivity contribution in [3.8, 4) is 0 Å². The van der Waals surface area contributed by atoms with E-state index >= 15 is 0 Å². The van der Waals surface area contributed by atoms with Gasteiger partial charge in [-0.1, -0.05) is 37.0 Å². The standard InChI is InChI=1S/C21H30N2O2S/c1-14(2)22-19(24)18-13-26-21(17-7-5-4-6-8-17)23(18)20(25)16-11-9-15(3)10-12-16/h9-12,14,17-18,21H,4-8,13H2,1-3H3,(H,22,24)/t18-,21-/m1/s1. The Hall–Kier alpha value is -1.49. The second kappa shape index (κ2) is 8.47. The van der Waals surface area contributed by atoms with Crippen molar-refractivity contribution in [3.63, 3.8) is 0 Å². The van der Waals surface area contributed by atoms with E-state index in [2.05, 4.69) is 5.32 Å². The quantitative estimate of drug-likeness (QED) is 0.867. The average molecular weight is 375 g/mol. The number of nitrogens with one attached hydrogen (secondary N) is 1. The van der Waals surface area contributed by atoms with Crippen LogP contribution in [0.5, 0.6) is 0 Å². The number of amides is 2. The van der Waals surface area contributed by atoms with Crippen LogP contribution in [0.25, 0.3) is 0 Å². The monoisotopic (exact) mass is 374 g/mol. The Balaban J connectivity index is 1.86. The zero-order valence-electron chi connectivity index (χ0n) is 16.0. The van der Waals surface area contributed by atoms with Crippen LogP contribution >= 0.6 is 11.8 Å². The molecule has 142 valence electrons. The molecule has 4 nitrogen and oxygen atoms in total. The van der Waals surface area contributed by atoms with Crippen molar-refractivity contribution in [2.75, 3.05) is 5.75 Å². The number of hydrogen-bond acceptors (Lipinski definition) is 3. The van der Waals surface area contributed by atoms with Crippen LogP contribution in [0.15, 0.2) is 24.3 Å². The van der Waals surface area contributed by atoms with Crippen molar-refractivity contribution in [1.82, 2.24) is 10.2 Å². The summed E-state index contributed by atoms with van der Waals surface area (Å²) in [7, 11) is 0. The van der Waals surface area contributed by atoms with Gasteiger partial charge >= 0.3 is 0 Å². The van der Waals surface area contributed by atoms with Crippen molar-refractivity contribution in [3.05, 3.63) is 35.4 Å².